The van der Waals surface area contributed by atoms with Gasteiger partial charge >= 0.3 is 14.8 Å². The molecule has 0 saturated heterocycles. The molecule has 2 heterocycles. The highest BCUT2D eigenvalue weighted by Gasteiger charge is 2.42. The Morgan fingerprint density at radius 3 is 1.96 bits per heavy atom. The summed E-state index contributed by atoms with van der Waals surface area (Å²) >= 11 is 0. The van der Waals surface area contributed by atoms with E-state index in [1.165, 1.54) is 33.9 Å². The fourth-order valence-electron chi connectivity index (χ4n) is 10.8. The van der Waals surface area contributed by atoms with Crippen LogP contribution in [0, 0.1) is 0 Å². The van der Waals surface area contributed by atoms with Gasteiger partial charge in [-0.2, -0.15) is 4.58 Å². The number of anilines is 1. The number of carbonyl (C=O) groups excluding carboxylic acids is 1. The summed E-state index contributed by atoms with van der Waals surface area (Å²) < 4.78 is 7.75. The molecule has 2 aliphatic heterocycles. The lowest BCUT2D eigenvalue weighted by Gasteiger charge is -2.25. The highest BCUT2D eigenvalue weighted by atomic mass is 16.5. The van der Waals surface area contributed by atoms with Gasteiger partial charge in [0.15, 0.2) is 5.71 Å². The van der Waals surface area contributed by atoms with Crippen LogP contribution in [0.25, 0.3) is 5.57 Å². The van der Waals surface area contributed by atoms with Crippen molar-refractivity contribution in [3.05, 3.63) is 232 Å². The smallest absolute Gasteiger partial charge is 0.537 e. The van der Waals surface area contributed by atoms with Crippen LogP contribution in [0.3, 0.4) is 0 Å². The SMILES string of the molecule is C=C(C)C(=O)NCCCN(Cc1ccc(CN(Cc2ccc(C(=C\C=C3/N(C)c4ccccc4C3(C)C)/C=C/C3=[N+](C)c4ccccc4C3(C)C)cc2)Cc2ccccc2B(O)O)cc1)Cc1ccccc1O[B]O. The molecular weight excluding hydrogens is 928 g/mol. The Morgan fingerprint density at radius 2 is 1.32 bits per heavy atom. The molecule has 0 aromatic heterocycles. The number of hydrogen-bond acceptors (Lipinski definition) is 8. The molecule has 4 N–H and O–H groups in total. The minimum Gasteiger partial charge on any atom is -0.537 e. The van der Waals surface area contributed by atoms with Crippen molar-refractivity contribution >= 4 is 48.8 Å². The molecule has 1 radical (unpaired) electrons. The summed E-state index contributed by atoms with van der Waals surface area (Å²) in [5, 5.41) is 33.2. The lowest BCUT2D eigenvalue weighted by atomic mass is 9.77. The van der Waals surface area contributed by atoms with E-state index in [2.05, 4.69) is 194 Å². The quantitative estimate of drug-likeness (QED) is 0.0175. The molecule has 0 aliphatic carbocycles. The number of para-hydroxylation sites is 3. The maximum atomic E-state index is 12.2. The number of fused-ring (bicyclic) bond motifs is 2. The predicted molar refractivity (Wildman–Crippen MR) is 307 cm³/mol. The highest BCUT2D eigenvalue weighted by molar-refractivity contribution is 6.59. The molecule has 0 unspecified atom stereocenters. The Hall–Kier alpha value is -7.05. The van der Waals surface area contributed by atoms with Crippen molar-refractivity contribution < 1.29 is 29.1 Å². The van der Waals surface area contributed by atoms with E-state index in [-0.39, 0.29) is 16.7 Å². The van der Waals surface area contributed by atoms with Crippen LogP contribution >= 0.6 is 0 Å². The average Bonchev–Trinajstić information content (AvgIpc) is 3.72. The molecule has 75 heavy (non-hydrogen) atoms. The minimum atomic E-state index is -1.59. The maximum absolute atomic E-state index is 12.2. The summed E-state index contributed by atoms with van der Waals surface area (Å²) in [6.07, 6.45) is 9.83. The van der Waals surface area contributed by atoms with Crippen LogP contribution < -0.4 is 20.3 Å². The molecule has 0 bridgehead atoms. The minimum absolute atomic E-state index is 0.151. The molecule has 6 aromatic carbocycles. The predicted octanol–water partition coefficient (Wildman–Crippen LogP) is 9.52. The van der Waals surface area contributed by atoms with Crippen molar-refractivity contribution in [2.45, 2.75) is 84.6 Å². The van der Waals surface area contributed by atoms with Gasteiger partial charge in [0.05, 0.1) is 5.41 Å². The van der Waals surface area contributed by atoms with Gasteiger partial charge in [0.25, 0.3) is 0 Å². The van der Waals surface area contributed by atoms with Crippen molar-refractivity contribution in [1.82, 2.24) is 15.1 Å². The van der Waals surface area contributed by atoms with Crippen LogP contribution in [-0.2, 0) is 48.3 Å². The van der Waals surface area contributed by atoms with E-state index in [1.807, 2.05) is 42.5 Å². The van der Waals surface area contributed by atoms with Crippen molar-refractivity contribution in [2.75, 3.05) is 32.1 Å². The first-order valence-corrected chi connectivity index (χ1v) is 25.9. The van der Waals surface area contributed by atoms with Gasteiger partial charge in [0.2, 0.25) is 11.6 Å². The molecule has 383 valence electrons. The number of likely N-dealkylation sites (N-methyl/N-ethyl adjacent to an activating group) is 1. The molecule has 0 spiro atoms. The number of rotatable bonds is 22. The van der Waals surface area contributed by atoms with Gasteiger partial charge in [-0.15, -0.1) is 0 Å². The van der Waals surface area contributed by atoms with Gasteiger partial charge in [-0.3, -0.25) is 14.6 Å². The summed E-state index contributed by atoms with van der Waals surface area (Å²) in [5.74, 6) is 0.430. The number of hydrogen-bond donors (Lipinski definition) is 4. The summed E-state index contributed by atoms with van der Waals surface area (Å²) in [4.78, 5) is 19.2. The third kappa shape index (κ3) is 12.7. The van der Waals surface area contributed by atoms with E-state index in [0.717, 1.165) is 45.4 Å². The zero-order chi connectivity index (χ0) is 53.3. The van der Waals surface area contributed by atoms with E-state index in [0.29, 0.717) is 70.3 Å². The molecule has 6 aromatic rings. The zero-order valence-electron chi connectivity index (χ0n) is 44.6. The molecule has 10 nitrogen and oxygen atoms in total. The second kappa shape index (κ2) is 24.1. The highest BCUT2D eigenvalue weighted by Crippen LogP contribution is 2.47. The first kappa shape index (κ1) is 54.2. The molecule has 0 saturated carbocycles. The number of nitrogens with one attached hydrogen (secondary N) is 1. The number of allylic oxidation sites excluding steroid dienone is 6. The van der Waals surface area contributed by atoms with Gasteiger partial charge < -0.3 is 29.9 Å². The number of nitrogens with zero attached hydrogens (tertiary/aromatic N) is 4. The lowest BCUT2D eigenvalue weighted by molar-refractivity contribution is -0.401. The summed E-state index contributed by atoms with van der Waals surface area (Å²) in [7, 11) is 3.43. The first-order chi connectivity index (χ1) is 36.0. The Morgan fingerprint density at radius 1 is 0.747 bits per heavy atom. The van der Waals surface area contributed by atoms with E-state index in [4.69, 9.17) is 4.65 Å². The van der Waals surface area contributed by atoms with Crippen LogP contribution in [0.2, 0.25) is 0 Å². The molecule has 0 atom stereocenters. The maximum Gasteiger partial charge on any atom is 0.569 e. The Bertz CT molecular complexity index is 3120. The van der Waals surface area contributed by atoms with E-state index < -0.39 is 7.12 Å². The van der Waals surface area contributed by atoms with Crippen LogP contribution in [-0.4, -0.2) is 83.1 Å². The van der Waals surface area contributed by atoms with Crippen molar-refractivity contribution in [2.24, 2.45) is 0 Å². The Labute approximate surface area is 445 Å². The molecular formula is C63H71B2N5O5+. The third-order valence-corrected chi connectivity index (χ3v) is 14.8. The summed E-state index contributed by atoms with van der Waals surface area (Å²) in [6.45, 7) is 18.8. The van der Waals surface area contributed by atoms with Crippen LogP contribution in [0.15, 0.2) is 188 Å². The third-order valence-electron chi connectivity index (χ3n) is 14.8. The molecule has 1 amide bonds. The average molecular weight is 1000 g/mol. The first-order valence-electron chi connectivity index (χ1n) is 25.9. The van der Waals surface area contributed by atoms with E-state index in [9.17, 15) is 19.9 Å². The van der Waals surface area contributed by atoms with E-state index in [1.54, 1.807) is 13.0 Å². The number of carbonyl (C=O) groups is 1. The largest absolute Gasteiger partial charge is 0.569 e. The van der Waals surface area contributed by atoms with Gasteiger partial charge in [-0.05, 0) is 95.9 Å². The normalized spacial score (nSPS) is 15.2. The standard InChI is InChI=1S/C63H70B2N5O5/c1-45(2)61(71)66-38-17-39-69(44-52-19-10-16-25-58(52)75-64-72)40-46-26-28-47(29-27-46)41-70(43-51-18-9-13-22-55(51)65(73)74)42-48-30-32-49(33-31-48)50(34-36-59-62(3,4)53-20-11-14-23-56(53)67(59)7)35-37-60-63(5,6)54-21-12-15-24-57(54)68(60)8/h9-16,18-37,72-74H,1,17,38-44H2,2-8H3/p+1. The van der Waals surface area contributed by atoms with Crippen molar-refractivity contribution in [3.63, 3.8) is 0 Å². The van der Waals surface area contributed by atoms with Crippen LogP contribution in [0.5, 0.6) is 5.75 Å². The lowest BCUT2D eigenvalue weighted by Crippen LogP contribution is -2.35. The van der Waals surface area contributed by atoms with Crippen LogP contribution in [0.4, 0.5) is 11.4 Å². The Balaban J connectivity index is 1.06. The van der Waals surface area contributed by atoms with Gasteiger partial charge in [-0.25, -0.2) is 0 Å². The van der Waals surface area contributed by atoms with Gasteiger partial charge in [0.1, 0.15) is 12.8 Å². The Kier molecular flexibility index (Phi) is 17.4. The second-order valence-electron chi connectivity index (χ2n) is 21.0. The molecule has 12 heteroatoms. The van der Waals surface area contributed by atoms with E-state index >= 15 is 0 Å². The number of amides is 1. The van der Waals surface area contributed by atoms with Crippen molar-refractivity contribution in [3.8, 4) is 5.75 Å². The monoisotopic (exact) mass is 1000 g/mol. The molecule has 0 fully saturated rings. The van der Waals surface area contributed by atoms with Gasteiger partial charge in [-0.1, -0.05) is 154 Å². The van der Waals surface area contributed by atoms with Crippen molar-refractivity contribution in [1.29, 1.82) is 0 Å². The molecule has 8 rings (SSSR count). The summed E-state index contributed by atoms with van der Waals surface area (Å²) in [6, 6.07) is 50.0. The zero-order valence-corrected chi connectivity index (χ0v) is 44.6. The van der Waals surface area contributed by atoms with Gasteiger partial charge in [0, 0.05) is 98.5 Å². The number of benzene rings is 6. The molecule has 2 aliphatic rings. The van der Waals surface area contributed by atoms with Crippen LogP contribution in [0.1, 0.15) is 85.5 Å². The fourth-order valence-corrected chi connectivity index (χ4v) is 10.8. The topological polar surface area (TPSA) is 112 Å². The second-order valence-corrected chi connectivity index (χ2v) is 21.0. The summed E-state index contributed by atoms with van der Waals surface area (Å²) in [5.41, 5.74) is 15.5. The fraction of sp³-hybridized carbons (Fsp3) is 0.270.